The second kappa shape index (κ2) is 13.9. The average molecular weight is 759 g/mol. The maximum absolute atomic E-state index is 2.34. The van der Waals surface area contributed by atoms with E-state index in [-0.39, 0.29) is 0 Å². The standard InChI is InChI=1S/C60H38/c1-2-9-39(10-3-1)42-12-8-13-43(33-42)45-26-30-55-50(35-45)23-24-52-37-47(28-32-57(52)55)46-27-31-56-51(36-46)22-21-49-34-44(25-29-54(49)56)40-17-19-41(20-18-40)60-38-48-11-4-5-14-53(48)58-15-6-7-16-59(58)60/h1-38H. The van der Waals surface area contributed by atoms with Crippen LogP contribution >= 0.6 is 0 Å². The first-order valence-electron chi connectivity index (χ1n) is 20.8. The molecule has 278 valence electrons. The lowest BCUT2D eigenvalue weighted by atomic mass is 9.91. The van der Waals surface area contributed by atoms with E-state index in [1.807, 2.05) is 0 Å². The Bertz CT molecular complexity index is 3630. The summed E-state index contributed by atoms with van der Waals surface area (Å²) in [7, 11) is 0. The molecule has 0 saturated carbocycles. The molecule has 0 aliphatic rings. The van der Waals surface area contributed by atoms with Crippen LogP contribution in [0.3, 0.4) is 0 Å². The van der Waals surface area contributed by atoms with Crippen LogP contribution in [0.4, 0.5) is 0 Å². The molecule has 0 aromatic heterocycles. The molecule has 0 spiro atoms. The van der Waals surface area contributed by atoms with Gasteiger partial charge in [0.25, 0.3) is 0 Å². The van der Waals surface area contributed by atoms with Crippen LogP contribution in [0.1, 0.15) is 0 Å². The summed E-state index contributed by atoms with van der Waals surface area (Å²) < 4.78 is 0. The Kier molecular flexibility index (Phi) is 7.96. The summed E-state index contributed by atoms with van der Waals surface area (Å²) in [5.41, 5.74) is 12.4. The van der Waals surface area contributed by atoms with E-state index in [1.54, 1.807) is 0 Å². The molecule has 0 nitrogen and oxygen atoms in total. The molecule has 0 heterocycles. The second-order valence-electron chi connectivity index (χ2n) is 16.1. The highest BCUT2D eigenvalue weighted by molar-refractivity contribution is 6.14. The normalized spacial score (nSPS) is 11.7. The van der Waals surface area contributed by atoms with E-state index < -0.39 is 0 Å². The van der Waals surface area contributed by atoms with Gasteiger partial charge in [0.05, 0.1) is 0 Å². The predicted octanol–water partition coefficient (Wildman–Crippen LogP) is 16.9. The SMILES string of the molecule is c1ccc(-c2cccc(-c3ccc4c(ccc5cc(-c6ccc7c(ccc8cc(-c9ccc(-c%10cc%11ccccc%11c%11ccccc%10%11)cc9)ccc87)c6)ccc54)c3)c2)cc1. The van der Waals surface area contributed by atoms with Gasteiger partial charge in [0.2, 0.25) is 0 Å². The Morgan fingerprint density at radius 2 is 0.483 bits per heavy atom. The van der Waals surface area contributed by atoms with Gasteiger partial charge in [-0.05, 0) is 157 Å². The summed E-state index contributed by atoms with van der Waals surface area (Å²) in [5, 5.41) is 15.3. The van der Waals surface area contributed by atoms with Gasteiger partial charge in [0.15, 0.2) is 0 Å². The highest BCUT2D eigenvalue weighted by Crippen LogP contribution is 2.38. The molecule has 0 aliphatic heterocycles. The van der Waals surface area contributed by atoms with Crippen molar-refractivity contribution >= 4 is 64.6 Å². The van der Waals surface area contributed by atoms with Crippen LogP contribution in [0.15, 0.2) is 231 Å². The zero-order valence-corrected chi connectivity index (χ0v) is 32.9. The molecular weight excluding hydrogens is 721 g/mol. The molecule has 0 heteroatoms. The number of hydrogen-bond donors (Lipinski definition) is 0. The monoisotopic (exact) mass is 758 g/mol. The summed E-state index contributed by atoms with van der Waals surface area (Å²) in [6, 6.07) is 85.0. The van der Waals surface area contributed by atoms with Crippen molar-refractivity contribution in [1.82, 2.24) is 0 Å². The molecule has 0 unspecified atom stereocenters. The Labute approximate surface area is 349 Å². The molecule has 12 rings (SSSR count). The molecule has 0 N–H and O–H groups in total. The molecule has 12 aromatic carbocycles. The van der Waals surface area contributed by atoms with Crippen molar-refractivity contribution < 1.29 is 0 Å². The zero-order valence-electron chi connectivity index (χ0n) is 32.9. The third-order valence-electron chi connectivity index (χ3n) is 12.6. The van der Waals surface area contributed by atoms with Crippen LogP contribution in [0.2, 0.25) is 0 Å². The average Bonchev–Trinajstić information content (AvgIpc) is 3.33. The predicted molar refractivity (Wildman–Crippen MR) is 259 cm³/mol. The van der Waals surface area contributed by atoms with Crippen LogP contribution in [-0.4, -0.2) is 0 Å². The summed E-state index contributed by atoms with van der Waals surface area (Å²) in [5.74, 6) is 0. The lowest BCUT2D eigenvalue weighted by molar-refractivity contribution is 1.60. The third kappa shape index (κ3) is 5.84. The summed E-state index contributed by atoms with van der Waals surface area (Å²) in [6.45, 7) is 0. The van der Waals surface area contributed by atoms with Crippen molar-refractivity contribution in [3.8, 4) is 55.6 Å². The molecule has 60 heavy (non-hydrogen) atoms. The van der Waals surface area contributed by atoms with Gasteiger partial charge in [-0.2, -0.15) is 0 Å². The first-order chi connectivity index (χ1) is 29.7. The van der Waals surface area contributed by atoms with Crippen molar-refractivity contribution in [3.05, 3.63) is 231 Å². The minimum atomic E-state index is 1.22. The van der Waals surface area contributed by atoms with E-state index in [1.165, 1.54) is 120 Å². The fourth-order valence-corrected chi connectivity index (χ4v) is 9.51. The third-order valence-corrected chi connectivity index (χ3v) is 12.6. The molecule has 0 amide bonds. The number of fused-ring (bicyclic) bond motifs is 9. The maximum atomic E-state index is 2.34. The van der Waals surface area contributed by atoms with Crippen molar-refractivity contribution in [1.29, 1.82) is 0 Å². The maximum Gasteiger partial charge on any atom is -0.00990 e. The molecule has 0 bridgehead atoms. The Morgan fingerprint density at radius 3 is 1.03 bits per heavy atom. The van der Waals surface area contributed by atoms with E-state index in [0.29, 0.717) is 0 Å². The summed E-state index contributed by atoms with van der Waals surface area (Å²) in [6.07, 6.45) is 0. The molecule has 0 aliphatic carbocycles. The van der Waals surface area contributed by atoms with Crippen LogP contribution < -0.4 is 0 Å². The minimum Gasteiger partial charge on any atom is -0.0622 e. The van der Waals surface area contributed by atoms with Gasteiger partial charge in [0.1, 0.15) is 0 Å². The van der Waals surface area contributed by atoms with E-state index in [9.17, 15) is 0 Å². The molecule has 0 atom stereocenters. The lowest BCUT2D eigenvalue weighted by Gasteiger charge is -2.12. The number of benzene rings is 12. The Hall–Kier alpha value is -7.80. The van der Waals surface area contributed by atoms with Gasteiger partial charge in [-0.3, -0.25) is 0 Å². The topological polar surface area (TPSA) is 0 Å². The van der Waals surface area contributed by atoms with E-state index >= 15 is 0 Å². The first kappa shape index (κ1) is 34.3. The van der Waals surface area contributed by atoms with E-state index in [2.05, 4.69) is 231 Å². The molecule has 0 radical (unpaired) electrons. The van der Waals surface area contributed by atoms with Gasteiger partial charge in [-0.15, -0.1) is 0 Å². The van der Waals surface area contributed by atoms with Gasteiger partial charge < -0.3 is 0 Å². The highest BCUT2D eigenvalue weighted by Gasteiger charge is 2.12. The number of rotatable bonds is 5. The van der Waals surface area contributed by atoms with Gasteiger partial charge in [-0.25, -0.2) is 0 Å². The van der Waals surface area contributed by atoms with Crippen LogP contribution in [0.5, 0.6) is 0 Å². The quantitative estimate of drug-likeness (QED) is 0.153. The molecule has 0 fully saturated rings. The van der Waals surface area contributed by atoms with Crippen molar-refractivity contribution in [3.63, 3.8) is 0 Å². The fourth-order valence-electron chi connectivity index (χ4n) is 9.51. The molecular formula is C60H38. The Morgan fingerprint density at radius 1 is 0.150 bits per heavy atom. The van der Waals surface area contributed by atoms with E-state index in [0.717, 1.165) is 0 Å². The molecule has 12 aromatic rings. The first-order valence-corrected chi connectivity index (χ1v) is 20.8. The second-order valence-corrected chi connectivity index (χ2v) is 16.1. The van der Waals surface area contributed by atoms with E-state index in [4.69, 9.17) is 0 Å². The smallest absolute Gasteiger partial charge is 0.00990 e. The van der Waals surface area contributed by atoms with Crippen molar-refractivity contribution in [2.45, 2.75) is 0 Å². The zero-order chi connectivity index (χ0) is 39.6. The number of hydrogen-bond acceptors (Lipinski definition) is 0. The lowest BCUT2D eigenvalue weighted by Crippen LogP contribution is -1.86. The van der Waals surface area contributed by atoms with Crippen LogP contribution in [-0.2, 0) is 0 Å². The Balaban J connectivity index is 0.829. The van der Waals surface area contributed by atoms with Gasteiger partial charge in [-0.1, -0.05) is 194 Å². The van der Waals surface area contributed by atoms with Gasteiger partial charge in [0, 0.05) is 0 Å². The fraction of sp³-hybridized carbons (Fsp3) is 0. The molecule has 0 saturated heterocycles. The highest BCUT2D eigenvalue weighted by atomic mass is 14.2. The summed E-state index contributed by atoms with van der Waals surface area (Å²) >= 11 is 0. The van der Waals surface area contributed by atoms with Crippen molar-refractivity contribution in [2.75, 3.05) is 0 Å². The summed E-state index contributed by atoms with van der Waals surface area (Å²) in [4.78, 5) is 0. The van der Waals surface area contributed by atoms with Crippen molar-refractivity contribution in [2.24, 2.45) is 0 Å². The van der Waals surface area contributed by atoms with Crippen LogP contribution in [0.25, 0.3) is 120 Å². The van der Waals surface area contributed by atoms with Gasteiger partial charge >= 0.3 is 0 Å². The minimum absolute atomic E-state index is 1.22. The van der Waals surface area contributed by atoms with Crippen LogP contribution in [0, 0.1) is 0 Å². The largest absolute Gasteiger partial charge is 0.0622 e.